The zero-order valence-corrected chi connectivity index (χ0v) is 8.16. The molecule has 1 atom stereocenters. The number of aromatic nitrogens is 1. The maximum Gasteiger partial charge on any atom is 0.0481 e. The van der Waals surface area contributed by atoms with Crippen molar-refractivity contribution in [1.82, 2.24) is 4.98 Å². The number of pyridine rings is 1. The molecule has 0 aromatic carbocycles. The highest BCUT2D eigenvalue weighted by Crippen LogP contribution is 2.06. The number of nitrogens with zero attached hydrogens (tertiary/aromatic N) is 1. The Bertz CT molecular complexity index is 226. The molecule has 0 radical (unpaired) electrons. The minimum absolute atomic E-state index is 0.433. The molecule has 0 fully saturated rings. The number of hydrogen-bond acceptors (Lipinski definition) is 3. The molecule has 0 saturated heterocycles. The van der Waals surface area contributed by atoms with Gasteiger partial charge in [0.15, 0.2) is 0 Å². The molecule has 0 aliphatic rings. The second-order valence-electron chi connectivity index (χ2n) is 3.06. The lowest BCUT2D eigenvalue weighted by Crippen LogP contribution is -2.16. The molecule has 0 aliphatic heterocycles. The molecule has 72 valence electrons. The van der Waals surface area contributed by atoms with Gasteiger partial charge >= 0.3 is 0 Å². The number of rotatable bonds is 5. The van der Waals surface area contributed by atoms with Crippen molar-refractivity contribution in [2.45, 2.75) is 19.4 Å². The Kier molecular flexibility index (Phi) is 4.26. The van der Waals surface area contributed by atoms with E-state index in [4.69, 9.17) is 4.74 Å². The minimum atomic E-state index is 0.433. The highest BCUT2D eigenvalue weighted by molar-refractivity contribution is 5.41. The molecule has 0 saturated carbocycles. The maximum atomic E-state index is 5.00. The molecule has 0 bridgehead atoms. The predicted molar refractivity (Wildman–Crippen MR) is 53.8 cm³/mol. The van der Waals surface area contributed by atoms with Gasteiger partial charge in [-0.05, 0) is 25.5 Å². The summed E-state index contributed by atoms with van der Waals surface area (Å²) in [6.07, 6.45) is 4.58. The normalized spacial score (nSPS) is 12.5. The van der Waals surface area contributed by atoms with Crippen molar-refractivity contribution in [1.29, 1.82) is 0 Å². The van der Waals surface area contributed by atoms with Crippen molar-refractivity contribution >= 4 is 5.69 Å². The van der Waals surface area contributed by atoms with Gasteiger partial charge in [0, 0.05) is 37.8 Å². The summed E-state index contributed by atoms with van der Waals surface area (Å²) in [5.41, 5.74) is 1.11. The van der Waals surface area contributed by atoms with Crippen molar-refractivity contribution in [2.24, 2.45) is 0 Å². The summed E-state index contributed by atoms with van der Waals surface area (Å²) in [6, 6.07) is 4.36. The van der Waals surface area contributed by atoms with Gasteiger partial charge in [-0.15, -0.1) is 0 Å². The molecule has 1 rings (SSSR count). The Morgan fingerprint density at radius 1 is 1.46 bits per heavy atom. The number of methoxy groups -OCH3 is 1. The van der Waals surface area contributed by atoms with Gasteiger partial charge < -0.3 is 10.1 Å². The highest BCUT2D eigenvalue weighted by atomic mass is 16.5. The van der Waals surface area contributed by atoms with E-state index in [2.05, 4.69) is 17.2 Å². The second kappa shape index (κ2) is 5.54. The van der Waals surface area contributed by atoms with Crippen LogP contribution in [0.3, 0.4) is 0 Å². The van der Waals surface area contributed by atoms with E-state index < -0.39 is 0 Å². The molecule has 1 unspecified atom stereocenters. The van der Waals surface area contributed by atoms with Gasteiger partial charge in [0.25, 0.3) is 0 Å². The van der Waals surface area contributed by atoms with Crippen LogP contribution in [0.2, 0.25) is 0 Å². The van der Waals surface area contributed by atoms with Gasteiger partial charge in [-0.25, -0.2) is 0 Å². The third kappa shape index (κ3) is 3.90. The van der Waals surface area contributed by atoms with E-state index in [1.54, 1.807) is 19.5 Å². The van der Waals surface area contributed by atoms with E-state index in [0.29, 0.717) is 6.04 Å². The maximum absolute atomic E-state index is 5.00. The smallest absolute Gasteiger partial charge is 0.0481 e. The van der Waals surface area contributed by atoms with Crippen LogP contribution in [-0.4, -0.2) is 24.7 Å². The van der Waals surface area contributed by atoms with Gasteiger partial charge in [0.05, 0.1) is 0 Å². The summed E-state index contributed by atoms with van der Waals surface area (Å²) in [5.74, 6) is 0. The van der Waals surface area contributed by atoms with Crippen molar-refractivity contribution in [2.75, 3.05) is 19.0 Å². The third-order valence-electron chi connectivity index (χ3n) is 1.85. The lowest BCUT2D eigenvalue weighted by atomic mass is 10.2. The molecule has 1 heterocycles. The van der Waals surface area contributed by atoms with E-state index in [1.165, 1.54) is 0 Å². The lowest BCUT2D eigenvalue weighted by molar-refractivity contribution is 0.191. The van der Waals surface area contributed by atoms with Crippen LogP contribution in [0, 0.1) is 0 Å². The minimum Gasteiger partial charge on any atom is -0.385 e. The first kappa shape index (κ1) is 9.99. The Hall–Kier alpha value is -1.09. The molecule has 3 heteroatoms. The monoisotopic (exact) mass is 180 g/mol. The number of ether oxygens (including phenoxy) is 1. The van der Waals surface area contributed by atoms with Crippen LogP contribution in [0.15, 0.2) is 24.5 Å². The highest BCUT2D eigenvalue weighted by Gasteiger charge is 2.00. The van der Waals surface area contributed by atoms with Crippen molar-refractivity contribution in [3.63, 3.8) is 0 Å². The molecule has 1 N–H and O–H groups in total. The van der Waals surface area contributed by atoms with Gasteiger partial charge in [-0.2, -0.15) is 0 Å². The van der Waals surface area contributed by atoms with Crippen LogP contribution < -0.4 is 5.32 Å². The Morgan fingerprint density at radius 3 is 2.77 bits per heavy atom. The van der Waals surface area contributed by atoms with Crippen molar-refractivity contribution in [3.05, 3.63) is 24.5 Å². The summed E-state index contributed by atoms with van der Waals surface area (Å²) >= 11 is 0. The molecular formula is C10H16N2O. The van der Waals surface area contributed by atoms with Crippen molar-refractivity contribution in [3.8, 4) is 0 Å². The lowest BCUT2D eigenvalue weighted by Gasteiger charge is -2.13. The molecule has 1 aromatic heterocycles. The second-order valence-corrected chi connectivity index (χ2v) is 3.06. The van der Waals surface area contributed by atoms with Gasteiger partial charge in [-0.3, -0.25) is 4.98 Å². The first-order chi connectivity index (χ1) is 6.33. The van der Waals surface area contributed by atoms with Crippen LogP contribution in [0.1, 0.15) is 13.3 Å². The molecule has 13 heavy (non-hydrogen) atoms. The van der Waals surface area contributed by atoms with Crippen LogP contribution in [0.4, 0.5) is 5.69 Å². The average Bonchev–Trinajstić information content (AvgIpc) is 2.16. The molecule has 1 aromatic rings. The van der Waals surface area contributed by atoms with E-state index in [9.17, 15) is 0 Å². The summed E-state index contributed by atoms with van der Waals surface area (Å²) in [5, 5.41) is 3.36. The molecular weight excluding hydrogens is 164 g/mol. The van der Waals surface area contributed by atoms with E-state index in [1.807, 2.05) is 12.1 Å². The Labute approximate surface area is 79.1 Å². The van der Waals surface area contributed by atoms with Crippen LogP contribution in [-0.2, 0) is 4.74 Å². The quantitative estimate of drug-likeness (QED) is 0.751. The standard InChI is InChI=1S/C10H16N2O/c1-9(5-8-13-2)12-10-3-6-11-7-4-10/h3-4,6-7,9H,5,8H2,1-2H3,(H,11,12). The van der Waals surface area contributed by atoms with E-state index in [0.717, 1.165) is 18.7 Å². The van der Waals surface area contributed by atoms with Gasteiger partial charge in [0.1, 0.15) is 0 Å². The fourth-order valence-corrected chi connectivity index (χ4v) is 1.10. The number of anilines is 1. The van der Waals surface area contributed by atoms with Crippen LogP contribution >= 0.6 is 0 Å². The Balaban J connectivity index is 2.32. The summed E-state index contributed by atoms with van der Waals surface area (Å²) in [4.78, 5) is 3.95. The van der Waals surface area contributed by atoms with Crippen LogP contribution in [0.5, 0.6) is 0 Å². The van der Waals surface area contributed by atoms with E-state index >= 15 is 0 Å². The Morgan fingerprint density at radius 2 is 2.15 bits per heavy atom. The zero-order valence-electron chi connectivity index (χ0n) is 8.16. The van der Waals surface area contributed by atoms with E-state index in [-0.39, 0.29) is 0 Å². The number of nitrogens with one attached hydrogen (secondary N) is 1. The third-order valence-corrected chi connectivity index (χ3v) is 1.85. The summed E-state index contributed by atoms with van der Waals surface area (Å²) in [6.45, 7) is 2.93. The first-order valence-electron chi connectivity index (χ1n) is 4.48. The summed E-state index contributed by atoms with van der Waals surface area (Å²) in [7, 11) is 1.72. The number of hydrogen-bond donors (Lipinski definition) is 1. The fraction of sp³-hybridized carbons (Fsp3) is 0.500. The average molecular weight is 180 g/mol. The van der Waals surface area contributed by atoms with Gasteiger partial charge in [-0.1, -0.05) is 0 Å². The summed E-state index contributed by atoms with van der Waals surface area (Å²) < 4.78 is 5.00. The SMILES string of the molecule is COCCC(C)Nc1ccncc1. The molecule has 0 amide bonds. The predicted octanol–water partition coefficient (Wildman–Crippen LogP) is 1.92. The topological polar surface area (TPSA) is 34.1 Å². The molecule has 0 spiro atoms. The molecule has 3 nitrogen and oxygen atoms in total. The molecule has 0 aliphatic carbocycles. The first-order valence-corrected chi connectivity index (χ1v) is 4.48. The largest absolute Gasteiger partial charge is 0.385 e. The van der Waals surface area contributed by atoms with Crippen LogP contribution in [0.25, 0.3) is 0 Å². The van der Waals surface area contributed by atoms with Gasteiger partial charge in [0.2, 0.25) is 0 Å². The van der Waals surface area contributed by atoms with Crippen molar-refractivity contribution < 1.29 is 4.74 Å². The fourth-order valence-electron chi connectivity index (χ4n) is 1.10. The zero-order chi connectivity index (χ0) is 9.52.